The van der Waals surface area contributed by atoms with Crippen LogP contribution in [-0.2, 0) is 19.2 Å². The van der Waals surface area contributed by atoms with Gasteiger partial charge in [0, 0.05) is 54.7 Å². The number of nitrogens with one attached hydrogen (secondary N) is 3. The smallest absolute Gasteiger partial charge is 0.246 e. The lowest BCUT2D eigenvalue weighted by atomic mass is 9.98. The SMILES string of the molecule is CC(=O)N[C@H](C(=O)N1CCCC1C1=NC=C(c2csc3c(C#Cc4cnc(C5CCCN5C(=O)[C@@H](NC(=O)CO)C(C)C)[nH]4)csc23)C1)C(C)C. The van der Waals surface area contributed by atoms with E-state index in [4.69, 9.17) is 4.99 Å². The normalized spacial score (nSPS) is 20.0. The van der Waals surface area contributed by atoms with Crippen LogP contribution in [0.4, 0.5) is 0 Å². The molecule has 14 heteroatoms. The van der Waals surface area contributed by atoms with Gasteiger partial charge in [0.15, 0.2) is 0 Å². The highest BCUT2D eigenvalue weighted by atomic mass is 32.1. The summed E-state index contributed by atoms with van der Waals surface area (Å²) >= 11 is 3.31. The molecule has 3 aliphatic heterocycles. The number of carbonyl (C=O) groups is 4. The zero-order chi connectivity index (χ0) is 36.4. The fraction of sp³-hybridized carbons (Fsp3) is 0.514. The number of nitrogens with zero attached hydrogens (tertiary/aromatic N) is 4. The molecule has 4 amide bonds. The third-order valence-electron chi connectivity index (χ3n) is 9.77. The van der Waals surface area contributed by atoms with E-state index >= 15 is 0 Å². The summed E-state index contributed by atoms with van der Waals surface area (Å²) in [4.78, 5) is 67.1. The Balaban J connectivity index is 1.12. The molecule has 0 aromatic carbocycles. The van der Waals surface area contributed by atoms with E-state index in [-0.39, 0.29) is 41.6 Å². The largest absolute Gasteiger partial charge is 0.387 e. The van der Waals surface area contributed by atoms with Crippen LogP contribution in [0.25, 0.3) is 15.0 Å². The van der Waals surface area contributed by atoms with Crippen LogP contribution in [0, 0.1) is 23.7 Å². The molecule has 2 unspecified atom stereocenters. The molecule has 0 bridgehead atoms. The van der Waals surface area contributed by atoms with Crippen molar-refractivity contribution >= 4 is 67.0 Å². The fourth-order valence-electron chi connectivity index (χ4n) is 7.16. The number of fused-ring (bicyclic) bond motifs is 1. The first kappa shape index (κ1) is 36.5. The quantitative estimate of drug-likeness (QED) is 0.229. The first-order valence-corrected chi connectivity index (χ1v) is 19.3. The Kier molecular flexibility index (Phi) is 11.1. The topological polar surface area (TPSA) is 160 Å². The van der Waals surface area contributed by atoms with Crippen molar-refractivity contribution in [2.75, 3.05) is 19.7 Å². The molecule has 6 heterocycles. The summed E-state index contributed by atoms with van der Waals surface area (Å²) in [7, 11) is 0. The summed E-state index contributed by atoms with van der Waals surface area (Å²) in [6.45, 7) is 9.65. The van der Waals surface area contributed by atoms with Crippen LogP contribution < -0.4 is 10.6 Å². The van der Waals surface area contributed by atoms with Crippen molar-refractivity contribution in [2.24, 2.45) is 16.8 Å². The highest BCUT2D eigenvalue weighted by Crippen LogP contribution is 2.41. The minimum Gasteiger partial charge on any atom is -0.387 e. The van der Waals surface area contributed by atoms with Crippen LogP contribution in [0.2, 0.25) is 0 Å². The minimum absolute atomic E-state index is 0.0154. The van der Waals surface area contributed by atoms with Gasteiger partial charge < -0.3 is 30.5 Å². The molecule has 4 N–H and O–H groups in total. The molecular weight excluding hydrogens is 687 g/mol. The van der Waals surface area contributed by atoms with Crippen LogP contribution in [0.15, 0.2) is 28.1 Å². The number of aromatic nitrogens is 2. The van der Waals surface area contributed by atoms with Crippen molar-refractivity contribution in [1.29, 1.82) is 0 Å². The van der Waals surface area contributed by atoms with E-state index in [1.54, 1.807) is 33.8 Å². The van der Waals surface area contributed by atoms with E-state index in [9.17, 15) is 24.3 Å². The van der Waals surface area contributed by atoms with E-state index in [0.29, 0.717) is 31.0 Å². The summed E-state index contributed by atoms with van der Waals surface area (Å²) < 4.78 is 2.27. The van der Waals surface area contributed by atoms with E-state index in [0.717, 1.165) is 57.5 Å². The second kappa shape index (κ2) is 15.5. The number of aliphatic hydroxyl groups is 1. The maximum atomic E-state index is 13.5. The molecule has 4 atom stereocenters. The number of aliphatic hydroxyl groups excluding tert-OH is 1. The Hall–Kier alpha value is -4.32. The molecule has 3 aromatic rings. The second-order valence-corrected chi connectivity index (χ2v) is 15.8. The molecule has 2 fully saturated rings. The minimum atomic E-state index is -0.727. The van der Waals surface area contributed by atoms with Gasteiger partial charge in [-0.25, -0.2) is 4.98 Å². The highest BCUT2D eigenvalue weighted by molar-refractivity contribution is 7.26. The molecule has 6 rings (SSSR count). The van der Waals surface area contributed by atoms with Gasteiger partial charge >= 0.3 is 0 Å². The summed E-state index contributed by atoms with van der Waals surface area (Å²) in [5.74, 6) is 6.05. The average Bonchev–Trinajstić information content (AvgIpc) is 3.94. The van der Waals surface area contributed by atoms with Gasteiger partial charge in [0.1, 0.15) is 30.2 Å². The zero-order valence-electron chi connectivity index (χ0n) is 29.6. The summed E-state index contributed by atoms with van der Waals surface area (Å²) in [5, 5.41) is 18.9. The van der Waals surface area contributed by atoms with E-state index in [1.807, 2.05) is 38.8 Å². The van der Waals surface area contributed by atoms with Crippen LogP contribution in [0.1, 0.15) is 95.4 Å². The van der Waals surface area contributed by atoms with E-state index in [1.165, 1.54) is 6.92 Å². The summed E-state index contributed by atoms with van der Waals surface area (Å²) in [6, 6.07) is -1.60. The van der Waals surface area contributed by atoms with Gasteiger partial charge in [0.25, 0.3) is 0 Å². The predicted octanol–water partition coefficient (Wildman–Crippen LogP) is 4.22. The molecule has 51 heavy (non-hydrogen) atoms. The Labute approximate surface area is 305 Å². The van der Waals surface area contributed by atoms with Crippen molar-refractivity contribution in [2.45, 2.75) is 90.9 Å². The number of aromatic amines is 1. The van der Waals surface area contributed by atoms with Gasteiger partial charge in [-0.05, 0) is 49.0 Å². The summed E-state index contributed by atoms with van der Waals surface area (Å²) in [6.07, 6.45) is 7.64. The molecule has 0 saturated carbocycles. The summed E-state index contributed by atoms with van der Waals surface area (Å²) in [5.41, 5.74) is 4.85. The monoisotopic (exact) mass is 731 g/mol. The van der Waals surface area contributed by atoms with Gasteiger partial charge in [-0.2, -0.15) is 0 Å². The number of rotatable bonds is 10. The molecule has 2 saturated heterocycles. The molecule has 12 nitrogen and oxygen atoms in total. The number of hydrogen-bond donors (Lipinski definition) is 4. The number of amides is 4. The number of thiophene rings is 2. The highest BCUT2D eigenvalue weighted by Gasteiger charge is 2.39. The maximum Gasteiger partial charge on any atom is 0.246 e. The molecule has 0 aliphatic carbocycles. The van der Waals surface area contributed by atoms with E-state index in [2.05, 4.69) is 43.2 Å². The Morgan fingerprint density at radius 2 is 1.59 bits per heavy atom. The number of aliphatic imine (C=N–C) groups is 1. The molecule has 3 aromatic heterocycles. The van der Waals surface area contributed by atoms with Crippen molar-refractivity contribution in [3.63, 3.8) is 0 Å². The average molecular weight is 732 g/mol. The number of allylic oxidation sites excluding steroid dienone is 1. The van der Waals surface area contributed by atoms with E-state index < -0.39 is 24.6 Å². The fourth-order valence-corrected chi connectivity index (χ4v) is 9.51. The lowest BCUT2D eigenvalue weighted by Gasteiger charge is -2.31. The van der Waals surface area contributed by atoms with Crippen LogP contribution >= 0.6 is 22.7 Å². The maximum absolute atomic E-state index is 13.5. The number of carbonyl (C=O) groups excluding carboxylic acids is 4. The van der Waals surface area contributed by atoms with Gasteiger partial charge in [0.2, 0.25) is 23.6 Å². The molecule has 3 aliphatic rings. The number of likely N-dealkylation sites (tertiary alicyclic amines) is 2. The third-order valence-corrected chi connectivity index (χ3v) is 11.9. The first-order chi connectivity index (χ1) is 24.5. The van der Waals surface area contributed by atoms with Gasteiger partial charge in [-0.15, -0.1) is 22.7 Å². The Morgan fingerprint density at radius 3 is 2.25 bits per heavy atom. The van der Waals surface area contributed by atoms with Crippen LogP contribution in [-0.4, -0.2) is 92.0 Å². The van der Waals surface area contributed by atoms with Crippen LogP contribution in [0.5, 0.6) is 0 Å². The van der Waals surface area contributed by atoms with Crippen molar-refractivity contribution in [3.05, 3.63) is 45.8 Å². The number of H-pyrrole nitrogens is 1. The standard InChI is InChI=1S/C37H45N7O5S2/c1-20(2)31(40-22(5)46)36(48)43-12-6-8-28(43)27-14-24(15-38-27)26-19-51-33-23(18-50-34(26)33)10-11-25-16-39-35(41-25)29-9-7-13-44(29)37(49)32(21(3)4)42-30(47)17-45/h15-16,18-21,28-29,31-32,45H,6-9,12-14,17H2,1-5H3,(H,39,41)(H,40,46)(H,42,47)/t28?,29?,31-,32-/m0/s1. The third kappa shape index (κ3) is 7.66. The van der Waals surface area contributed by atoms with Crippen molar-refractivity contribution in [1.82, 2.24) is 30.4 Å². The van der Waals surface area contributed by atoms with Gasteiger partial charge in [-0.1, -0.05) is 33.6 Å². The lowest BCUT2D eigenvalue weighted by Crippen LogP contribution is -2.53. The van der Waals surface area contributed by atoms with Crippen LogP contribution in [0.3, 0.4) is 0 Å². The Bertz CT molecular complexity index is 1940. The number of imidazole rings is 1. The van der Waals surface area contributed by atoms with Crippen molar-refractivity contribution < 1.29 is 24.3 Å². The molecule has 0 radical (unpaired) electrons. The Morgan fingerprint density at radius 1 is 0.941 bits per heavy atom. The second-order valence-electron chi connectivity index (χ2n) is 14.1. The molecule has 270 valence electrons. The zero-order valence-corrected chi connectivity index (χ0v) is 31.2. The van der Waals surface area contributed by atoms with Gasteiger partial charge in [-0.3, -0.25) is 24.2 Å². The van der Waals surface area contributed by atoms with Gasteiger partial charge in [0.05, 0.1) is 33.2 Å². The molecule has 0 spiro atoms. The van der Waals surface area contributed by atoms with Crippen molar-refractivity contribution in [3.8, 4) is 11.8 Å². The predicted molar refractivity (Wildman–Crippen MR) is 199 cm³/mol. The molecular formula is C37H45N7O5S2. The lowest BCUT2D eigenvalue weighted by molar-refractivity contribution is -0.139. The number of hydrogen-bond acceptors (Lipinski definition) is 9. The first-order valence-electron chi connectivity index (χ1n) is 17.6.